The smallest absolute Gasteiger partial charge is 0.325 e. The van der Waals surface area contributed by atoms with Crippen molar-refractivity contribution in [2.75, 3.05) is 13.2 Å². The Morgan fingerprint density at radius 1 is 1.09 bits per heavy atom. The van der Waals surface area contributed by atoms with Crippen molar-refractivity contribution in [1.29, 1.82) is 0 Å². The lowest BCUT2D eigenvalue weighted by molar-refractivity contribution is -0.132. The van der Waals surface area contributed by atoms with Crippen molar-refractivity contribution in [2.45, 2.75) is 49.1 Å². The molecule has 1 saturated carbocycles. The molecule has 1 spiro atoms. The van der Waals surface area contributed by atoms with E-state index in [1.165, 1.54) is 24.3 Å². The van der Waals surface area contributed by atoms with Crippen molar-refractivity contribution in [3.05, 3.63) is 59.9 Å². The number of nitrogens with zero attached hydrogens (tertiary/aromatic N) is 1. The summed E-state index contributed by atoms with van der Waals surface area (Å²) in [6.45, 7) is 2.03. The first kappa shape index (κ1) is 23.2. The molecular weight excluding hydrogens is 449 g/mol. The maximum atomic E-state index is 13.0. The maximum absolute atomic E-state index is 13.0. The molecule has 0 atom stereocenters. The molecule has 176 valence electrons. The number of hydrogen-bond donors (Lipinski definition) is 2. The minimum atomic E-state index is -3.66. The average molecular weight is 476 g/mol. The first-order chi connectivity index (χ1) is 15.7. The molecule has 0 aromatic heterocycles. The van der Waals surface area contributed by atoms with Crippen LogP contribution in [0.3, 0.4) is 0 Å². The highest BCUT2D eigenvalue weighted by Crippen LogP contribution is 2.34. The Hall–Kier alpha value is -2.98. The van der Waals surface area contributed by atoms with Crippen LogP contribution in [0.25, 0.3) is 0 Å². The first-order valence-corrected chi connectivity index (χ1v) is 12.3. The Balaban J connectivity index is 1.32. The monoisotopic (exact) mass is 475 g/mol. The second kappa shape index (κ2) is 9.11. The number of urea groups is 1. The van der Waals surface area contributed by atoms with Crippen molar-refractivity contribution in [3.63, 3.8) is 0 Å². The largest absolute Gasteiger partial charge is 0.492 e. The van der Waals surface area contributed by atoms with Crippen LogP contribution in [0.1, 0.15) is 31.2 Å². The van der Waals surface area contributed by atoms with Crippen molar-refractivity contribution >= 4 is 22.0 Å². The Morgan fingerprint density at radius 3 is 2.36 bits per heavy atom. The van der Waals surface area contributed by atoms with E-state index < -0.39 is 21.6 Å². The van der Waals surface area contributed by atoms with Crippen LogP contribution in [0.5, 0.6) is 5.75 Å². The van der Waals surface area contributed by atoms with E-state index in [0.717, 1.165) is 10.5 Å². The lowest BCUT2D eigenvalue weighted by Gasteiger charge is -2.35. The molecule has 1 heterocycles. The number of nitrogens with one attached hydrogen (secondary N) is 2. The fourth-order valence-corrected chi connectivity index (χ4v) is 5.54. The molecule has 1 aliphatic heterocycles. The first-order valence-electron chi connectivity index (χ1n) is 10.8. The third kappa shape index (κ3) is 5.01. The van der Waals surface area contributed by atoms with Crippen LogP contribution in [0, 0.1) is 12.7 Å². The second-order valence-electron chi connectivity index (χ2n) is 8.48. The Morgan fingerprint density at radius 2 is 1.73 bits per heavy atom. The quantitative estimate of drug-likeness (QED) is 0.599. The lowest BCUT2D eigenvalue weighted by Crippen LogP contribution is -2.52. The zero-order valence-corrected chi connectivity index (χ0v) is 19.0. The zero-order chi connectivity index (χ0) is 23.6. The number of imide groups is 1. The molecule has 1 aliphatic carbocycles. The standard InChI is InChI=1S/C23H26FN3O5S/c1-16-2-8-20(9-3-16)33(30,31)26-18-10-12-23(13-11-18)21(28)27(22(29)25-23)14-15-32-19-6-4-17(24)5-7-19/h2-9,18,26H,10-15H2,1H3,(H,25,29). The van der Waals surface area contributed by atoms with Gasteiger partial charge in [0.1, 0.15) is 23.7 Å². The van der Waals surface area contributed by atoms with Gasteiger partial charge in [-0.1, -0.05) is 17.7 Å². The molecule has 8 nitrogen and oxygen atoms in total. The molecular formula is C23H26FN3O5S. The van der Waals surface area contributed by atoms with Gasteiger partial charge in [0.25, 0.3) is 5.91 Å². The van der Waals surface area contributed by atoms with Crippen molar-refractivity contribution in [1.82, 2.24) is 14.9 Å². The summed E-state index contributed by atoms with van der Waals surface area (Å²) >= 11 is 0. The third-order valence-electron chi connectivity index (χ3n) is 6.14. The van der Waals surface area contributed by atoms with E-state index in [2.05, 4.69) is 10.0 Å². The number of halogens is 1. The van der Waals surface area contributed by atoms with Crippen molar-refractivity contribution in [2.24, 2.45) is 0 Å². The van der Waals surface area contributed by atoms with Crippen LogP contribution < -0.4 is 14.8 Å². The summed E-state index contributed by atoms with van der Waals surface area (Å²) in [7, 11) is -3.66. The Kier molecular flexibility index (Phi) is 6.40. The summed E-state index contributed by atoms with van der Waals surface area (Å²) in [6, 6.07) is 11.3. The van der Waals surface area contributed by atoms with E-state index >= 15 is 0 Å². The van der Waals surface area contributed by atoms with Gasteiger partial charge in [-0.2, -0.15) is 0 Å². The summed E-state index contributed by atoms with van der Waals surface area (Å²) in [5.41, 5.74) is -0.0460. The molecule has 33 heavy (non-hydrogen) atoms. The van der Waals surface area contributed by atoms with Gasteiger partial charge in [-0.15, -0.1) is 0 Å². The predicted octanol–water partition coefficient (Wildman–Crippen LogP) is 2.72. The topological polar surface area (TPSA) is 105 Å². The number of ether oxygens (including phenoxy) is 1. The van der Waals surface area contributed by atoms with Gasteiger partial charge in [-0.25, -0.2) is 22.3 Å². The van der Waals surface area contributed by atoms with Gasteiger partial charge in [0, 0.05) is 6.04 Å². The molecule has 2 N–H and O–H groups in total. The molecule has 0 unspecified atom stereocenters. The van der Waals surface area contributed by atoms with Crippen molar-refractivity contribution in [3.8, 4) is 5.75 Å². The lowest BCUT2D eigenvalue weighted by atomic mass is 9.79. The van der Waals surface area contributed by atoms with E-state index in [-0.39, 0.29) is 35.8 Å². The Labute approximate surface area is 192 Å². The average Bonchev–Trinajstić information content (AvgIpc) is 3.01. The molecule has 2 aromatic rings. The van der Waals surface area contributed by atoms with Crippen molar-refractivity contribution < 1.29 is 27.1 Å². The number of rotatable bonds is 7. The van der Waals surface area contributed by atoms with Crippen LogP contribution in [0.4, 0.5) is 9.18 Å². The molecule has 1 saturated heterocycles. The number of carbonyl (C=O) groups excluding carboxylic acids is 2. The van der Waals surface area contributed by atoms with Gasteiger partial charge in [-0.05, 0) is 69.0 Å². The number of aryl methyl sites for hydroxylation is 1. The van der Waals surface area contributed by atoms with Gasteiger partial charge in [0.15, 0.2) is 0 Å². The van der Waals surface area contributed by atoms with Gasteiger partial charge in [0.05, 0.1) is 11.4 Å². The van der Waals surface area contributed by atoms with Crippen LogP contribution in [-0.2, 0) is 14.8 Å². The number of amides is 3. The van der Waals surface area contributed by atoms with Gasteiger partial charge in [-0.3, -0.25) is 9.69 Å². The minimum absolute atomic E-state index is 0.0628. The van der Waals surface area contributed by atoms with Gasteiger partial charge < -0.3 is 10.1 Å². The molecule has 10 heteroatoms. The SMILES string of the molecule is Cc1ccc(S(=O)(=O)NC2CCC3(CC2)NC(=O)N(CCOc2ccc(F)cc2)C3=O)cc1. The van der Waals surface area contributed by atoms with Crippen LogP contribution in [-0.4, -0.2) is 50.0 Å². The molecule has 2 aliphatic rings. The highest BCUT2D eigenvalue weighted by molar-refractivity contribution is 7.89. The minimum Gasteiger partial charge on any atom is -0.492 e. The molecule has 0 bridgehead atoms. The second-order valence-corrected chi connectivity index (χ2v) is 10.2. The summed E-state index contributed by atoms with van der Waals surface area (Å²) in [6.07, 6.45) is 1.54. The number of benzene rings is 2. The van der Waals surface area contributed by atoms with Gasteiger partial charge in [0.2, 0.25) is 10.0 Å². The zero-order valence-electron chi connectivity index (χ0n) is 18.2. The molecule has 0 radical (unpaired) electrons. The summed E-state index contributed by atoms with van der Waals surface area (Å²) in [5.74, 6) is -0.260. The molecule has 2 fully saturated rings. The summed E-state index contributed by atoms with van der Waals surface area (Å²) < 4.78 is 46.5. The van der Waals surface area contributed by atoms with E-state index in [1.807, 2.05) is 6.92 Å². The van der Waals surface area contributed by atoms with E-state index in [0.29, 0.717) is 31.4 Å². The van der Waals surface area contributed by atoms with Gasteiger partial charge >= 0.3 is 6.03 Å². The highest BCUT2D eigenvalue weighted by Gasteiger charge is 2.52. The van der Waals surface area contributed by atoms with E-state index in [4.69, 9.17) is 4.74 Å². The number of carbonyl (C=O) groups is 2. The third-order valence-corrected chi connectivity index (χ3v) is 7.67. The number of sulfonamides is 1. The molecule has 4 rings (SSSR count). The maximum Gasteiger partial charge on any atom is 0.325 e. The van der Waals surface area contributed by atoms with E-state index in [9.17, 15) is 22.4 Å². The fourth-order valence-electron chi connectivity index (χ4n) is 4.24. The highest BCUT2D eigenvalue weighted by atomic mass is 32.2. The molecule has 2 aromatic carbocycles. The van der Waals surface area contributed by atoms with E-state index in [1.54, 1.807) is 24.3 Å². The number of hydrogen-bond acceptors (Lipinski definition) is 5. The van der Waals surface area contributed by atoms with Crippen LogP contribution in [0.2, 0.25) is 0 Å². The predicted molar refractivity (Wildman–Crippen MR) is 119 cm³/mol. The molecule has 3 amide bonds. The van der Waals surface area contributed by atoms with Crippen LogP contribution in [0.15, 0.2) is 53.4 Å². The summed E-state index contributed by atoms with van der Waals surface area (Å²) in [5, 5.41) is 2.80. The Bertz CT molecular complexity index is 1130. The summed E-state index contributed by atoms with van der Waals surface area (Å²) in [4.78, 5) is 26.8. The van der Waals surface area contributed by atoms with Crippen LogP contribution >= 0.6 is 0 Å². The normalized spacial score (nSPS) is 23.1. The fraction of sp³-hybridized carbons (Fsp3) is 0.391.